The molecule has 104 valence electrons. The summed E-state index contributed by atoms with van der Waals surface area (Å²) < 4.78 is 4.60. The molecule has 0 rings (SSSR count). The van der Waals surface area contributed by atoms with Crippen LogP contribution in [0.15, 0.2) is 12.7 Å². The third kappa shape index (κ3) is 7.84. The van der Waals surface area contributed by atoms with E-state index in [9.17, 15) is 9.59 Å². The molecule has 0 aromatic heterocycles. The Morgan fingerprint density at radius 2 is 2.00 bits per heavy atom. The molecule has 0 bridgehead atoms. The normalized spacial score (nSPS) is 11.7. The Balaban J connectivity index is 3.90. The molecule has 0 aliphatic heterocycles. The minimum absolute atomic E-state index is 0.470. The van der Waals surface area contributed by atoms with E-state index < -0.39 is 24.5 Å². The van der Waals surface area contributed by atoms with Crippen molar-refractivity contribution in [3.63, 3.8) is 0 Å². The van der Waals surface area contributed by atoms with E-state index in [0.717, 1.165) is 32.1 Å². The fraction of sp³-hybridized carbons (Fsp3) is 0.692. The van der Waals surface area contributed by atoms with Crippen LogP contribution < -0.4 is 5.32 Å². The van der Waals surface area contributed by atoms with Crippen molar-refractivity contribution in [1.82, 2.24) is 5.32 Å². The van der Waals surface area contributed by atoms with Gasteiger partial charge in [0.15, 0.2) is 0 Å². The molecule has 0 fully saturated rings. The molecule has 0 aromatic carbocycles. The number of nitrogens with one attached hydrogen (secondary N) is 1. The van der Waals surface area contributed by atoms with Gasteiger partial charge in [0, 0.05) is 0 Å². The van der Waals surface area contributed by atoms with Crippen molar-refractivity contribution in [3.8, 4) is 0 Å². The van der Waals surface area contributed by atoms with Crippen LogP contribution in [0.2, 0.25) is 0 Å². The summed E-state index contributed by atoms with van der Waals surface area (Å²) in [5.41, 5.74) is 0. The first-order valence-electron chi connectivity index (χ1n) is 6.24. The maximum atomic E-state index is 11.4. The van der Waals surface area contributed by atoms with E-state index in [4.69, 9.17) is 5.11 Å². The van der Waals surface area contributed by atoms with Gasteiger partial charge in [-0.25, -0.2) is 4.79 Å². The number of carbonyl (C=O) groups excluding carboxylic acids is 2. The summed E-state index contributed by atoms with van der Waals surface area (Å²) in [4.78, 5) is 22.4. The summed E-state index contributed by atoms with van der Waals surface area (Å²) >= 11 is 0. The Kier molecular flexibility index (Phi) is 9.96. The molecule has 0 saturated heterocycles. The summed E-state index contributed by atoms with van der Waals surface area (Å²) in [6.45, 7) is 3.03. The number of aliphatic hydroxyl groups is 1. The van der Waals surface area contributed by atoms with Gasteiger partial charge in [0.25, 0.3) is 0 Å². The van der Waals surface area contributed by atoms with Gasteiger partial charge < -0.3 is 15.2 Å². The van der Waals surface area contributed by atoms with E-state index in [1.807, 2.05) is 6.08 Å². The predicted octanol–water partition coefficient (Wildman–Crippen LogP) is 1.16. The van der Waals surface area contributed by atoms with Crippen molar-refractivity contribution in [1.29, 1.82) is 0 Å². The molecular weight excluding hydrogens is 234 g/mol. The second-order valence-corrected chi connectivity index (χ2v) is 4.08. The Bertz CT molecular complexity index is 266. The number of methoxy groups -OCH3 is 1. The van der Waals surface area contributed by atoms with Crippen LogP contribution in [0.5, 0.6) is 0 Å². The lowest BCUT2D eigenvalue weighted by Crippen LogP contribution is -2.42. The Morgan fingerprint density at radius 1 is 1.33 bits per heavy atom. The van der Waals surface area contributed by atoms with Crippen LogP contribution in [0.25, 0.3) is 0 Å². The number of allylic oxidation sites excluding steroid dienone is 1. The number of ether oxygens (including phenoxy) is 1. The van der Waals surface area contributed by atoms with E-state index in [-0.39, 0.29) is 0 Å². The van der Waals surface area contributed by atoms with Gasteiger partial charge in [-0.3, -0.25) is 4.79 Å². The molecule has 0 saturated carbocycles. The topological polar surface area (TPSA) is 75.6 Å². The number of rotatable bonds is 10. The van der Waals surface area contributed by atoms with Crippen molar-refractivity contribution in [3.05, 3.63) is 12.7 Å². The summed E-state index contributed by atoms with van der Waals surface area (Å²) in [7, 11) is 1.28. The molecule has 0 aliphatic carbocycles. The predicted molar refractivity (Wildman–Crippen MR) is 68.9 cm³/mol. The lowest BCUT2D eigenvalue weighted by Gasteiger charge is -2.15. The highest BCUT2D eigenvalue weighted by Gasteiger charge is 2.20. The number of amides is 1. The lowest BCUT2D eigenvalue weighted by atomic mass is 10.1. The molecule has 1 amide bonds. The Labute approximate surface area is 108 Å². The number of esters is 1. The minimum Gasteiger partial charge on any atom is -0.467 e. The molecule has 18 heavy (non-hydrogen) atoms. The molecular formula is C13H23NO4. The van der Waals surface area contributed by atoms with Crippen LogP contribution >= 0.6 is 0 Å². The summed E-state index contributed by atoms with van der Waals surface area (Å²) in [5.74, 6) is -1.03. The van der Waals surface area contributed by atoms with Crippen LogP contribution in [0.4, 0.5) is 0 Å². The average Bonchev–Trinajstić information content (AvgIpc) is 2.40. The van der Waals surface area contributed by atoms with Crippen LogP contribution in [0.3, 0.4) is 0 Å². The van der Waals surface area contributed by atoms with Gasteiger partial charge in [-0.05, 0) is 19.3 Å². The van der Waals surface area contributed by atoms with E-state index >= 15 is 0 Å². The third-order valence-corrected chi connectivity index (χ3v) is 2.62. The summed E-state index contributed by atoms with van der Waals surface area (Å²) in [6.07, 6.45) is 7.43. The zero-order chi connectivity index (χ0) is 13.8. The second kappa shape index (κ2) is 10.8. The first kappa shape index (κ1) is 16.6. The first-order chi connectivity index (χ1) is 8.65. The van der Waals surface area contributed by atoms with Crippen molar-refractivity contribution < 1.29 is 19.4 Å². The van der Waals surface area contributed by atoms with Gasteiger partial charge in [-0.1, -0.05) is 25.3 Å². The van der Waals surface area contributed by atoms with Crippen LogP contribution in [0, 0.1) is 0 Å². The Morgan fingerprint density at radius 3 is 2.56 bits per heavy atom. The molecule has 0 unspecified atom stereocenters. The number of carbonyl (C=O) groups is 2. The molecule has 0 heterocycles. The number of hydrogen-bond acceptors (Lipinski definition) is 4. The highest BCUT2D eigenvalue weighted by Crippen LogP contribution is 2.08. The van der Waals surface area contributed by atoms with Crippen molar-refractivity contribution >= 4 is 11.9 Å². The standard InChI is InChI=1S/C13H23NO4/c1-3-4-5-6-7-8-9-11(13(17)18-2)14-12(16)10-15/h3,11,15H,1,4-10H2,2H3,(H,14,16)/t11-/m0/s1. The maximum absolute atomic E-state index is 11.4. The average molecular weight is 257 g/mol. The monoisotopic (exact) mass is 257 g/mol. The SMILES string of the molecule is C=CCCCCCC[C@H](NC(=O)CO)C(=O)OC. The number of hydrogen-bond donors (Lipinski definition) is 2. The van der Waals surface area contributed by atoms with Crippen molar-refractivity contribution in [2.24, 2.45) is 0 Å². The van der Waals surface area contributed by atoms with E-state index in [2.05, 4.69) is 16.6 Å². The Hall–Kier alpha value is -1.36. The fourth-order valence-electron chi connectivity index (χ4n) is 1.62. The first-order valence-corrected chi connectivity index (χ1v) is 6.24. The molecule has 2 N–H and O–H groups in total. The third-order valence-electron chi connectivity index (χ3n) is 2.62. The van der Waals surface area contributed by atoms with Crippen LogP contribution in [-0.2, 0) is 14.3 Å². The second-order valence-electron chi connectivity index (χ2n) is 4.08. The molecule has 5 heteroatoms. The van der Waals surface area contributed by atoms with Crippen molar-refractivity contribution in [2.75, 3.05) is 13.7 Å². The molecule has 0 radical (unpaired) electrons. The van der Waals surface area contributed by atoms with Gasteiger partial charge >= 0.3 is 5.97 Å². The zero-order valence-electron chi connectivity index (χ0n) is 11.0. The van der Waals surface area contributed by atoms with Gasteiger partial charge in [0.2, 0.25) is 5.91 Å². The highest BCUT2D eigenvalue weighted by molar-refractivity contribution is 5.84. The van der Waals surface area contributed by atoms with E-state index in [0.29, 0.717) is 6.42 Å². The zero-order valence-corrected chi connectivity index (χ0v) is 11.0. The smallest absolute Gasteiger partial charge is 0.328 e. The summed E-state index contributed by atoms with van der Waals surface area (Å²) in [6, 6.07) is -0.658. The number of unbranched alkanes of at least 4 members (excludes halogenated alkanes) is 4. The lowest BCUT2D eigenvalue weighted by molar-refractivity contribution is -0.145. The molecule has 5 nitrogen and oxygen atoms in total. The molecule has 0 spiro atoms. The van der Waals surface area contributed by atoms with Gasteiger partial charge in [0.05, 0.1) is 7.11 Å². The van der Waals surface area contributed by atoms with Crippen molar-refractivity contribution in [2.45, 2.75) is 44.6 Å². The quantitative estimate of drug-likeness (QED) is 0.350. The van der Waals surface area contributed by atoms with Crippen LogP contribution in [-0.4, -0.2) is 36.7 Å². The van der Waals surface area contributed by atoms with E-state index in [1.54, 1.807) is 0 Å². The largest absolute Gasteiger partial charge is 0.467 e. The van der Waals surface area contributed by atoms with E-state index in [1.165, 1.54) is 7.11 Å². The number of aliphatic hydroxyl groups excluding tert-OH is 1. The molecule has 0 aliphatic rings. The summed E-state index contributed by atoms with van der Waals surface area (Å²) in [5, 5.41) is 11.1. The highest BCUT2D eigenvalue weighted by atomic mass is 16.5. The molecule has 1 atom stereocenters. The van der Waals surface area contributed by atoms with Crippen LogP contribution in [0.1, 0.15) is 38.5 Å². The van der Waals surface area contributed by atoms with Gasteiger partial charge in [0.1, 0.15) is 12.6 Å². The van der Waals surface area contributed by atoms with Gasteiger partial charge in [-0.15, -0.1) is 6.58 Å². The fourth-order valence-corrected chi connectivity index (χ4v) is 1.62. The minimum atomic E-state index is -0.658. The molecule has 0 aromatic rings. The maximum Gasteiger partial charge on any atom is 0.328 e. The van der Waals surface area contributed by atoms with Gasteiger partial charge in [-0.2, -0.15) is 0 Å².